The van der Waals surface area contributed by atoms with Crippen LogP contribution >= 0.6 is 11.3 Å². The first-order valence-electron chi connectivity index (χ1n) is 9.43. The third-order valence-corrected chi connectivity index (χ3v) is 6.89. The van der Waals surface area contributed by atoms with Crippen LogP contribution in [-0.4, -0.2) is 39.5 Å². The third-order valence-electron chi connectivity index (χ3n) is 5.97. The molecule has 6 nitrogen and oxygen atoms in total. The number of amides is 1. The van der Waals surface area contributed by atoms with Crippen molar-refractivity contribution in [3.63, 3.8) is 0 Å². The van der Waals surface area contributed by atoms with Gasteiger partial charge in [-0.1, -0.05) is 0 Å². The van der Waals surface area contributed by atoms with Gasteiger partial charge in [-0.05, 0) is 50.8 Å². The van der Waals surface area contributed by atoms with E-state index in [-0.39, 0.29) is 5.91 Å². The molecule has 1 spiro atoms. The summed E-state index contributed by atoms with van der Waals surface area (Å²) < 4.78 is 2.22. The first-order chi connectivity index (χ1) is 12.6. The Morgan fingerprint density at radius 2 is 2.27 bits per heavy atom. The molecule has 140 valence electrons. The van der Waals surface area contributed by atoms with Crippen LogP contribution in [0.5, 0.6) is 0 Å². The van der Waals surface area contributed by atoms with Crippen molar-refractivity contribution in [1.82, 2.24) is 19.8 Å². The van der Waals surface area contributed by atoms with Crippen molar-refractivity contribution < 1.29 is 4.79 Å². The summed E-state index contributed by atoms with van der Waals surface area (Å²) in [5.41, 5.74) is 6.51. The predicted octanol–water partition coefficient (Wildman–Crippen LogP) is 2.21. The molecule has 0 unspecified atom stereocenters. The maximum Gasteiger partial charge on any atom is 0.249 e. The average molecular weight is 374 g/mol. The molecule has 1 saturated heterocycles. The summed E-state index contributed by atoms with van der Waals surface area (Å²) in [7, 11) is 0. The zero-order valence-electron chi connectivity index (χ0n) is 15.3. The lowest BCUT2D eigenvalue weighted by molar-refractivity contribution is 0.100. The second-order valence-electron chi connectivity index (χ2n) is 7.53. The van der Waals surface area contributed by atoms with Gasteiger partial charge in [0.1, 0.15) is 5.82 Å². The van der Waals surface area contributed by atoms with E-state index in [9.17, 15) is 4.79 Å². The van der Waals surface area contributed by atoms with Crippen molar-refractivity contribution in [1.29, 1.82) is 0 Å². The van der Waals surface area contributed by atoms with Crippen molar-refractivity contribution in [3.05, 3.63) is 40.1 Å². The lowest BCUT2D eigenvalue weighted by atomic mass is 9.93. The summed E-state index contributed by atoms with van der Waals surface area (Å²) in [5.74, 6) is 0.775. The van der Waals surface area contributed by atoms with Gasteiger partial charge in [-0.2, -0.15) is 0 Å². The second-order valence-corrected chi connectivity index (χ2v) is 8.53. The number of thiophene rings is 1. The molecule has 1 aliphatic carbocycles. The van der Waals surface area contributed by atoms with Gasteiger partial charge in [0, 0.05) is 41.8 Å². The van der Waals surface area contributed by atoms with Crippen LogP contribution in [0.1, 0.15) is 47.2 Å². The number of nitrogens with zero attached hydrogens (tertiary/aromatic N) is 3. The number of imidazole rings is 1. The molecule has 2 fully saturated rings. The molecule has 2 aromatic rings. The number of aryl methyl sites for hydroxylation is 1. The number of rotatable bonds is 7. The minimum Gasteiger partial charge on any atom is -0.366 e. The topological polar surface area (TPSA) is 76.2 Å². The Bertz CT molecular complexity index is 776. The van der Waals surface area contributed by atoms with Crippen molar-refractivity contribution in [2.24, 2.45) is 11.1 Å². The first-order valence-corrected chi connectivity index (χ1v) is 10.3. The normalized spacial score (nSPS) is 21.4. The maximum atomic E-state index is 11.4. The molecule has 2 aliphatic rings. The molecule has 4 rings (SSSR count). The number of piperidine rings is 1. The second kappa shape index (κ2) is 7.13. The molecule has 1 aliphatic heterocycles. The molecule has 0 bridgehead atoms. The lowest BCUT2D eigenvalue weighted by Gasteiger charge is -2.29. The Balaban J connectivity index is 1.54. The predicted molar refractivity (Wildman–Crippen MR) is 103 cm³/mol. The zero-order chi connectivity index (χ0) is 18.1. The minimum atomic E-state index is -0.346. The van der Waals surface area contributed by atoms with E-state index in [0.29, 0.717) is 17.0 Å². The van der Waals surface area contributed by atoms with Crippen LogP contribution in [0.25, 0.3) is 0 Å². The van der Waals surface area contributed by atoms with E-state index in [0.717, 1.165) is 38.5 Å². The Hall–Kier alpha value is -1.70. The van der Waals surface area contributed by atoms with Gasteiger partial charge in [-0.25, -0.2) is 4.98 Å². The van der Waals surface area contributed by atoms with Crippen LogP contribution in [0.4, 0.5) is 0 Å². The van der Waals surface area contributed by atoms with Crippen molar-refractivity contribution in [2.45, 2.75) is 51.9 Å². The smallest absolute Gasteiger partial charge is 0.249 e. The number of nitrogens with two attached hydrogens (primary N) is 1. The molecule has 2 aromatic heterocycles. The Morgan fingerprint density at radius 1 is 1.46 bits per heavy atom. The Labute approximate surface area is 158 Å². The molecule has 0 aromatic carbocycles. The highest BCUT2D eigenvalue weighted by Gasteiger charge is 2.56. The molecule has 1 amide bonds. The highest BCUT2D eigenvalue weighted by molar-refractivity contribution is 7.10. The fourth-order valence-electron chi connectivity index (χ4n) is 4.34. The monoisotopic (exact) mass is 373 g/mol. The van der Waals surface area contributed by atoms with Crippen molar-refractivity contribution in [3.8, 4) is 0 Å². The van der Waals surface area contributed by atoms with Gasteiger partial charge in [0.25, 0.3) is 0 Å². The largest absolute Gasteiger partial charge is 0.366 e. The lowest BCUT2D eigenvalue weighted by Crippen LogP contribution is -2.36. The molecule has 1 atom stereocenters. The van der Waals surface area contributed by atoms with Gasteiger partial charge in [-0.15, -0.1) is 11.3 Å². The van der Waals surface area contributed by atoms with Crippen LogP contribution in [0.2, 0.25) is 0 Å². The quantitative estimate of drug-likeness (QED) is 0.780. The van der Waals surface area contributed by atoms with Crippen LogP contribution in [0.3, 0.4) is 0 Å². The van der Waals surface area contributed by atoms with Gasteiger partial charge in [0.05, 0.1) is 12.1 Å². The van der Waals surface area contributed by atoms with Crippen LogP contribution in [-0.2, 0) is 19.6 Å². The fraction of sp³-hybridized carbons (Fsp3) is 0.579. The minimum absolute atomic E-state index is 0.346. The first kappa shape index (κ1) is 17.7. The van der Waals surface area contributed by atoms with Gasteiger partial charge in [0.2, 0.25) is 5.91 Å². The summed E-state index contributed by atoms with van der Waals surface area (Å²) in [6.45, 7) is 7.05. The van der Waals surface area contributed by atoms with Gasteiger partial charge < -0.3 is 15.6 Å². The summed E-state index contributed by atoms with van der Waals surface area (Å²) >= 11 is 1.63. The highest BCUT2D eigenvalue weighted by atomic mass is 32.1. The number of carbonyl (C=O) groups is 1. The highest BCUT2D eigenvalue weighted by Crippen LogP contribution is 2.56. The number of primary amides is 1. The standard InChI is InChI=1S/C19H27N5OS/c1-2-23-8-7-22-17(23)12-24(11-15-9-14(13-26-15)18(20)25)16-10-19(16)3-5-21-6-4-19/h7-9,13,16,21H,2-6,10-12H2,1H3,(H2,20,25)/t16-/m1/s1. The van der Waals surface area contributed by atoms with E-state index < -0.39 is 0 Å². The summed E-state index contributed by atoms with van der Waals surface area (Å²) in [6, 6.07) is 2.55. The number of nitrogens with one attached hydrogen (secondary N) is 1. The van der Waals surface area contributed by atoms with E-state index in [1.54, 1.807) is 11.3 Å². The Kier molecular flexibility index (Phi) is 4.86. The molecule has 0 radical (unpaired) electrons. The van der Waals surface area contributed by atoms with Crippen molar-refractivity contribution in [2.75, 3.05) is 13.1 Å². The van der Waals surface area contributed by atoms with Crippen LogP contribution in [0.15, 0.2) is 23.8 Å². The maximum absolute atomic E-state index is 11.4. The van der Waals surface area contributed by atoms with E-state index in [2.05, 4.69) is 32.9 Å². The van der Waals surface area contributed by atoms with Gasteiger partial charge >= 0.3 is 0 Å². The van der Waals surface area contributed by atoms with Gasteiger partial charge in [0.15, 0.2) is 0 Å². The van der Waals surface area contributed by atoms with E-state index in [1.807, 2.05) is 17.6 Å². The number of hydrogen-bond donors (Lipinski definition) is 2. The molecule has 3 heterocycles. The molecule has 1 saturated carbocycles. The van der Waals surface area contributed by atoms with Crippen LogP contribution < -0.4 is 11.1 Å². The SMILES string of the molecule is CCn1ccnc1CN(Cc1cc(C(N)=O)cs1)[C@@H]1CC12CCNCC2. The fourth-order valence-corrected chi connectivity index (χ4v) is 5.23. The van der Waals surface area contributed by atoms with Crippen molar-refractivity contribution >= 4 is 17.2 Å². The molecule has 7 heteroatoms. The molecule has 26 heavy (non-hydrogen) atoms. The number of aromatic nitrogens is 2. The number of carbonyl (C=O) groups excluding carboxylic acids is 1. The van der Waals surface area contributed by atoms with Gasteiger partial charge in [-0.3, -0.25) is 9.69 Å². The van der Waals surface area contributed by atoms with E-state index in [4.69, 9.17) is 5.73 Å². The van der Waals surface area contributed by atoms with E-state index >= 15 is 0 Å². The number of hydrogen-bond acceptors (Lipinski definition) is 5. The Morgan fingerprint density at radius 3 is 2.96 bits per heavy atom. The summed E-state index contributed by atoms with van der Waals surface area (Å²) in [5, 5.41) is 5.36. The molecule has 3 N–H and O–H groups in total. The third kappa shape index (κ3) is 3.43. The zero-order valence-corrected chi connectivity index (χ0v) is 16.1. The average Bonchev–Trinajstić information content (AvgIpc) is 3.02. The van der Waals surface area contributed by atoms with E-state index in [1.165, 1.54) is 24.1 Å². The summed E-state index contributed by atoms with van der Waals surface area (Å²) in [6.07, 6.45) is 7.73. The molecular formula is C19H27N5OS. The summed E-state index contributed by atoms with van der Waals surface area (Å²) in [4.78, 5) is 19.8. The molecular weight excluding hydrogens is 346 g/mol. The van der Waals surface area contributed by atoms with Crippen LogP contribution in [0, 0.1) is 5.41 Å².